The molecule has 0 fully saturated rings. The monoisotopic (exact) mass is 608 g/mol. The molecule has 0 spiro atoms. The van der Waals surface area contributed by atoms with Crippen LogP contribution in [0.25, 0.3) is 0 Å². The lowest BCUT2D eigenvalue weighted by Crippen LogP contribution is -2.25. The summed E-state index contributed by atoms with van der Waals surface area (Å²) < 4.78 is 51.7. The third-order valence-corrected chi connectivity index (χ3v) is 6.90. The zero-order chi connectivity index (χ0) is 31.1. The summed E-state index contributed by atoms with van der Waals surface area (Å²) in [5.41, 5.74) is 0. The van der Waals surface area contributed by atoms with E-state index in [4.69, 9.17) is 23.7 Å². The Kier molecular flexibility index (Phi) is 29.8. The molecule has 0 aliphatic rings. The summed E-state index contributed by atoms with van der Waals surface area (Å²) >= 11 is 0. The molecule has 0 rings (SSSR count). The van der Waals surface area contributed by atoms with E-state index in [2.05, 4.69) is 25.7 Å². The van der Waals surface area contributed by atoms with Crippen molar-refractivity contribution < 1.29 is 42.1 Å². The largest absolute Gasteiger partial charge is 0.508 e. The number of rotatable bonds is 31. The molecule has 0 aromatic carbocycles. The van der Waals surface area contributed by atoms with Crippen LogP contribution in [-0.2, 0) is 28.5 Å². The predicted molar refractivity (Wildman–Crippen MR) is 162 cm³/mol. The van der Waals surface area contributed by atoms with Gasteiger partial charge in [-0.15, -0.1) is 0 Å². The molecule has 42 heavy (non-hydrogen) atoms. The molecule has 0 saturated heterocycles. The SMILES string of the molecule is [CH2]C(COC(=O)CCC(OCCCCCCCCF)OCCCCCCCCF)COC(=O)OCCCN(CC)CC. The number of hydrogen-bond acceptors (Lipinski definition) is 8. The minimum Gasteiger partial charge on any atom is -0.465 e. The molecule has 10 heteroatoms. The minimum absolute atomic E-state index is 0.00143. The fraction of sp³-hybridized carbons (Fsp3) is 0.906. The molecule has 0 amide bonds. The van der Waals surface area contributed by atoms with Crippen LogP contribution in [0, 0.1) is 12.8 Å². The number of hydrogen-bond donors (Lipinski definition) is 0. The lowest BCUT2D eigenvalue weighted by Gasteiger charge is -2.19. The molecule has 0 aliphatic carbocycles. The average Bonchev–Trinajstić information content (AvgIpc) is 2.99. The van der Waals surface area contributed by atoms with Gasteiger partial charge >= 0.3 is 12.1 Å². The number of nitrogens with zero attached hydrogens (tertiary/aromatic N) is 1. The van der Waals surface area contributed by atoms with E-state index >= 15 is 0 Å². The molecule has 1 unspecified atom stereocenters. The summed E-state index contributed by atoms with van der Waals surface area (Å²) in [6, 6.07) is 0. The molecule has 1 atom stereocenters. The van der Waals surface area contributed by atoms with E-state index in [9.17, 15) is 18.4 Å². The van der Waals surface area contributed by atoms with Crippen molar-refractivity contribution >= 4 is 12.1 Å². The van der Waals surface area contributed by atoms with E-state index in [1.165, 1.54) is 0 Å². The Bertz CT molecular complexity index is 591. The van der Waals surface area contributed by atoms with Crippen LogP contribution in [0.2, 0.25) is 0 Å². The molecular formula is C32H60F2NO7. The third-order valence-electron chi connectivity index (χ3n) is 6.90. The maximum absolute atomic E-state index is 12.3. The summed E-state index contributed by atoms with van der Waals surface area (Å²) in [6.07, 6.45) is 11.0. The molecule has 0 heterocycles. The third kappa shape index (κ3) is 27.3. The first-order valence-electron chi connectivity index (χ1n) is 16.3. The van der Waals surface area contributed by atoms with Crippen molar-refractivity contribution in [3.8, 4) is 0 Å². The molecule has 8 nitrogen and oxygen atoms in total. The van der Waals surface area contributed by atoms with Gasteiger partial charge in [-0.1, -0.05) is 65.2 Å². The number of carbonyl (C=O) groups is 2. The fourth-order valence-electron chi connectivity index (χ4n) is 4.23. The van der Waals surface area contributed by atoms with E-state index in [0.717, 1.165) is 90.3 Å². The van der Waals surface area contributed by atoms with Crippen molar-refractivity contribution in [3.63, 3.8) is 0 Å². The van der Waals surface area contributed by atoms with Crippen molar-refractivity contribution in [2.24, 2.45) is 5.92 Å². The van der Waals surface area contributed by atoms with Crippen molar-refractivity contribution in [3.05, 3.63) is 6.92 Å². The summed E-state index contributed by atoms with van der Waals surface area (Å²) in [5, 5.41) is 0. The highest BCUT2D eigenvalue weighted by Gasteiger charge is 2.15. The van der Waals surface area contributed by atoms with Crippen LogP contribution in [0.1, 0.15) is 110 Å². The van der Waals surface area contributed by atoms with Gasteiger partial charge in [0.1, 0.15) is 6.61 Å². The summed E-state index contributed by atoms with van der Waals surface area (Å²) in [5.74, 6) is -0.796. The van der Waals surface area contributed by atoms with Crippen LogP contribution in [0.4, 0.5) is 13.6 Å². The quantitative estimate of drug-likeness (QED) is 0.0451. The fourth-order valence-corrected chi connectivity index (χ4v) is 4.23. The van der Waals surface area contributed by atoms with Gasteiger partial charge in [0.25, 0.3) is 0 Å². The van der Waals surface area contributed by atoms with Crippen molar-refractivity contribution in [2.75, 3.05) is 66.0 Å². The van der Waals surface area contributed by atoms with E-state index in [1.54, 1.807) is 0 Å². The first-order valence-corrected chi connectivity index (χ1v) is 16.3. The van der Waals surface area contributed by atoms with Crippen LogP contribution < -0.4 is 0 Å². The number of unbranched alkanes of at least 4 members (excludes halogenated alkanes) is 10. The summed E-state index contributed by atoms with van der Waals surface area (Å²) in [7, 11) is 0. The number of halogens is 2. The first-order chi connectivity index (χ1) is 20.5. The minimum atomic E-state index is -0.744. The highest BCUT2D eigenvalue weighted by atomic mass is 19.1. The zero-order valence-electron chi connectivity index (χ0n) is 26.6. The van der Waals surface area contributed by atoms with Gasteiger partial charge in [-0.25, -0.2) is 4.79 Å². The van der Waals surface area contributed by atoms with Crippen LogP contribution >= 0.6 is 0 Å². The maximum atomic E-state index is 12.3. The second-order valence-electron chi connectivity index (χ2n) is 10.7. The van der Waals surface area contributed by atoms with Gasteiger partial charge in [0.05, 0.1) is 33.0 Å². The molecule has 1 radical (unpaired) electrons. The van der Waals surface area contributed by atoms with Crippen molar-refractivity contribution in [1.29, 1.82) is 0 Å². The van der Waals surface area contributed by atoms with Gasteiger partial charge < -0.3 is 28.6 Å². The van der Waals surface area contributed by atoms with Gasteiger partial charge in [-0.3, -0.25) is 13.6 Å². The number of esters is 1. The molecule has 0 aromatic heterocycles. The van der Waals surface area contributed by atoms with Crippen LogP contribution in [-0.4, -0.2) is 89.3 Å². The van der Waals surface area contributed by atoms with Gasteiger partial charge in [-0.2, -0.15) is 0 Å². The molecule has 0 bridgehead atoms. The standard InChI is InChI=1S/C32H60F2NO7/c1-4-35(5-2)23-18-26-40-32(37)42-28-29(3)27-41-30(36)19-20-31(38-24-16-12-8-6-10-14-21-33)39-25-17-13-9-7-11-15-22-34/h29,31H,3-28H2,1-2H3. The second-order valence-corrected chi connectivity index (χ2v) is 10.7. The number of alkyl halides is 2. The zero-order valence-corrected chi connectivity index (χ0v) is 26.6. The average molecular weight is 609 g/mol. The van der Waals surface area contributed by atoms with E-state index in [1.807, 2.05) is 0 Å². The second kappa shape index (κ2) is 30.9. The van der Waals surface area contributed by atoms with Gasteiger partial charge in [-0.05, 0) is 52.1 Å². The van der Waals surface area contributed by atoms with E-state index in [-0.39, 0.29) is 39.0 Å². The Balaban J connectivity index is 4.21. The lowest BCUT2D eigenvalue weighted by atomic mass is 10.1. The Morgan fingerprint density at radius 2 is 1.17 bits per heavy atom. The highest BCUT2D eigenvalue weighted by molar-refractivity contribution is 5.69. The first kappa shape index (κ1) is 40.5. The molecule has 0 saturated carbocycles. The van der Waals surface area contributed by atoms with Crippen molar-refractivity contribution in [1.82, 2.24) is 4.90 Å². The normalized spacial score (nSPS) is 12.2. The molecule has 0 N–H and O–H groups in total. The molecular weight excluding hydrogens is 548 g/mol. The smallest absolute Gasteiger partial charge is 0.465 e. The topological polar surface area (TPSA) is 83.5 Å². The Labute approximate surface area is 254 Å². The lowest BCUT2D eigenvalue weighted by molar-refractivity contribution is -0.160. The maximum Gasteiger partial charge on any atom is 0.508 e. The predicted octanol–water partition coefficient (Wildman–Crippen LogP) is 7.62. The number of ether oxygens (including phenoxy) is 5. The van der Waals surface area contributed by atoms with Crippen LogP contribution in [0.3, 0.4) is 0 Å². The summed E-state index contributed by atoms with van der Waals surface area (Å²) in [4.78, 5) is 26.3. The Hall–Kier alpha value is -1.52. The molecule has 249 valence electrons. The highest BCUT2D eigenvalue weighted by Crippen LogP contribution is 2.12. The van der Waals surface area contributed by atoms with E-state index in [0.29, 0.717) is 39.1 Å². The van der Waals surface area contributed by atoms with Crippen molar-refractivity contribution in [2.45, 2.75) is 116 Å². The molecule has 0 aromatic rings. The van der Waals surface area contributed by atoms with Gasteiger partial charge in [0.15, 0.2) is 6.29 Å². The van der Waals surface area contributed by atoms with E-state index < -0.39 is 18.4 Å². The molecule has 0 aliphatic heterocycles. The van der Waals surface area contributed by atoms with Crippen LogP contribution in [0.15, 0.2) is 0 Å². The number of carbonyl (C=O) groups excluding carboxylic acids is 2. The van der Waals surface area contributed by atoms with Gasteiger partial charge in [0.2, 0.25) is 0 Å². The van der Waals surface area contributed by atoms with Crippen LogP contribution in [0.5, 0.6) is 0 Å². The Morgan fingerprint density at radius 1 is 0.667 bits per heavy atom. The Morgan fingerprint density at radius 3 is 1.69 bits per heavy atom. The summed E-state index contributed by atoms with van der Waals surface area (Å²) in [6.45, 7) is 11.7. The van der Waals surface area contributed by atoms with Gasteiger partial charge in [0, 0.05) is 32.1 Å².